The van der Waals surface area contributed by atoms with Gasteiger partial charge in [-0.05, 0) is 44.5 Å². The molecular formula is C23H29Cl2N3O4S. The second-order valence-corrected chi connectivity index (χ2v) is 10.5. The lowest BCUT2D eigenvalue weighted by Crippen LogP contribution is -2.51. The molecule has 33 heavy (non-hydrogen) atoms. The van der Waals surface area contributed by atoms with E-state index in [0.29, 0.717) is 27.8 Å². The lowest BCUT2D eigenvalue weighted by atomic mass is 10.1. The Morgan fingerprint density at radius 3 is 2.15 bits per heavy atom. The van der Waals surface area contributed by atoms with Crippen molar-refractivity contribution in [1.29, 1.82) is 0 Å². The number of carbonyl (C=O) groups excluding carboxylic acids is 2. The predicted molar refractivity (Wildman–Crippen MR) is 133 cm³/mol. The zero-order chi connectivity index (χ0) is 24.8. The third kappa shape index (κ3) is 7.35. The second kappa shape index (κ2) is 11.7. The third-order valence-electron chi connectivity index (χ3n) is 5.11. The number of anilines is 1. The molecule has 10 heteroatoms. The number of hydrogen-bond donors (Lipinski definition) is 1. The fourth-order valence-electron chi connectivity index (χ4n) is 3.16. The van der Waals surface area contributed by atoms with Gasteiger partial charge in [0, 0.05) is 28.7 Å². The highest BCUT2D eigenvalue weighted by Crippen LogP contribution is 2.27. The summed E-state index contributed by atoms with van der Waals surface area (Å²) in [5.74, 6) is -0.911. The van der Waals surface area contributed by atoms with Gasteiger partial charge in [-0.1, -0.05) is 53.9 Å². The molecule has 0 saturated heterocycles. The van der Waals surface area contributed by atoms with E-state index >= 15 is 0 Å². The fraction of sp³-hybridized carbons (Fsp3) is 0.391. The maximum Gasteiger partial charge on any atom is 0.244 e. The van der Waals surface area contributed by atoms with Crippen molar-refractivity contribution in [3.63, 3.8) is 0 Å². The van der Waals surface area contributed by atoms with E-state index in [4.69, 9.17) is 23.2 Å². The van der Waals surface area contributed by atoms with Crippen LogP contribution in [0.4, 0.5) is 5.69 Å². The molecule has 180 valence electrons. The first kappa shape index (κ1) is 27.0. The van der Waals surface area contributed by atoms with Gasteiger partial charge in [-0.15, -0.1) is 0 Å². The first-order chi connectivity index (χ1) is 15.5. The van der Waals surface area contributed by atoms with E-state index in [1.807, 2.05) is 13.8 Å². The van der Waals surface area contributed by atoms with E-state index in [-0.39, 0.29) is 12.5 Å². The number of nitrogens with one attached hydrogen (secondary N) is 1. The summed E-state index contributed by atoms with van der Waals surface area (Å²) in [6.07, 6.45) is 1.77. The fourth-order valence-corrected chi connectivity index (χ4v) is 4.52. The predicted octanol–water partition coefficient (Wildman–Crippen LogP) is 4.01. The summed E-state index contributed by atoms with van der Waals surface area (Å²) in [7, 11) is -3.78. The van der Waals surface area contributed by atoms with Crippen molar-refractivity contribution >= 4 is 50.7 Å². The van der Waals surface area contributed by atoms with Crippen LogP contribution in [0.15, 0.2) is 42.5 Å². The Balaban J connectivity index is 2.42. The summed E-state index contributed by atoms with van der Waals surface area (Å²) in [5, 5.41) is 3.47. The molecule has 0 radical (unpaired) electrons. The molecule has 0 aliphatic rings. The smallest absolute Gasteiger partial charge is 0.244 e. The van der Waals surface area contributed by atoms with E-state index in [1.54, 1.807) is 49.4 Å². The lowest BCUT2D eigenvalue weighted by molar-refractivity contribution is -0.139. The number of halogens is 2. The van der Waals surface area contributed by atoms with Gasteiger partial charge in [-0.25, -0.2) is 8.42 Å². The van der Waals surface area contributed by atoms with Crippen LogP contribution in [-0.4, -0.2) is 50.5 Å². The third-order valence-corrected chi connectivity index (χ3v) is 6.96. The highest BCUT2D eigenvalue weighted by atomic mass is 35.5. The molecule has 1 N–H and O–H groups in total. The summed E-state index contributed by atoms with van der Waals surface area (Å²) in [6.45, 7) is 5.31. The van der Waals surface area contributed by atoms with E-state index < -0.39 is 28.5 Å². The molecular weight excluding hydrogens is 485 g/mol. The minimum absolute atomic E-state index is 0.0520. The highest BCUT2D eigenvalue weighted by molar-refractivity contribution is 7.92. The Bertz CT molecular complexity index is 1070. The first-order valence-electron chi connectivity index (χ1n) is 10.5. The van der Waals surface area contributed by atoms with Crippen LogP contribution in [0.5, 0.6) is 0 Å². The molecule has 0 aliphatic heterocycles. The van der Waals surface area contributed by atoms with Crippen LogP contribution >= 0.6 is 23.2 Å². The number of benzene rings is 2. The zero-order valence-electron chi connectivity index (χ0n) is 19.1. The SMILES string of the molecule is CCCNC(=O)C(C)N(Cc1c(Cl)cccc1Cl)C(=O)CN(c1ccc(C)cc1)S(C)(=O)=O. The van der Waals surface area contributed by atoms with Crippen LogP contribution < -0.4 is 9.62 Å². The Morgan fingerprint density at radius 2 is 1.64 bits per heavy atom. The molecule has 0 bridgehead atoms. The molecule has 2 rings (SSSR count). The van der Waals surface area contributed by atoms with Gasteiger partial charge in [-0.3, -0.25) is 13.9 Å². The van der Waals surface area contributed by atoms with Gasteiger partial charge in [0.05, 0.1) is 11.9 Å². The van der Waals surface area contributed by atoms with E-state index in [2.05, 4.69) is 5.32 Å². The van der Waals surface area contributed by atoms with Gasteiger partial charge >= 0.3 is 0 Å². The van der Waals surface area contributed by atoms with Crippen molar-refractivity contribution in [3.8, 4) is 0 Å². The summed E-state index contributed by atoms with van der Waals surface area (Å²) >= 11 is 12.6. The van der Waals surface area contributed by atoms with Crippen molar-refractivity contribution in [3.05, 3.63) is 63.6 Å². The normalized spacial score (nSPS) is 12.2. The quantitative estimate of drug-likeness (QED) is 0.519. The van der Waals surface area contributed by atoms with Gasteiger partial charge < -0.3 is 10.2 Å². The van der Waals surface area contributed by atoms with Gasteiger partial charge in [0.1, 0.15) is 12.6 Å². The first-order valence-corrected chi connectivity index (χ1v) is 13.1. The molecule has 0 fully saturated rings. The number of sulfonamides is 1. The van der Waals surface area contributed by atoms with E-state index in [0.717, 1.165) is 22.5 Å². The Morgan fingerprint density at radius 1 is 1.06 bits per heavy atom. The average molecular weight is 514 g/mol. The molecule has 0 aromatic heterocycles. The molecule has 1 atom stereocenters. The molecule has 0 heterocycles. The number of amides is 2. The van der Waals surface area contributed by atoms with Crippen LogP contribution in [-0.2, 0) is 26.2 Å². The molecule has 2 amide bonds. The van der Waals surface area contributed by atoms with Crippen LogP contribution in [0.25, 0.3) is 0 Å². The Hall–Kier alpha value is -2.29. The van der Waals surface area contributed by atoms with Crippen molar-refractivity contribution in [2.45, 2.75) is 39.8 Å². The number of hydrogen-bond acceptors (Lipinski definition) is 4. The van der Waals surface area contributed by atoms with Crippen LogP contribution in [0, 0.1) is 6.92 Å². The molecule has 0 saturated carbocycles. The van der Waals surface area contributed by atoms with Crippen molar-refractivity contribution in [2.75, 3.05) is 23.7 Å². The van der Waals surface area contributed by atoms with Crippen LogP contribution in [0.3, 0.4) is 0 Å². The minimum atomic E-state index is -3.78. The number of nitrogens with zero attached hydrogens (tertiary/aromatic N) is 2. The van der Waals surface area contributed by atoms with Gasteiger partial charge in [0.2, 0.25) is 21.8 Å². The van der Waals surface area contributed by atoms with Gasteiger partial charge in [0.25, 0.3) is 0 Å². The Kier molecular flexibility index (Phi) is 9.57. The number of aryl methyl sites for hydroxylation is 1. The minimum Gasteiger partial charge on any atom is -0.354 e. The van der Waals surface area contributed by atoms with Gasteiger partial charge in [0.15, 0.2) is 0 Å². The summed E-state index contributed by atoms with van der Waals surface area (Å²) in [6, 6.07) is 10.9. The van der Waals surface area contributed by atoms with Crippen molar-refractivity contribution < 1.29 is 18.0 Å². The topological polar surface area (TPSA) is 86.8 Å². The molecule has 1 unspecified atom stereocenters. The largest absolute Gasteiger partial charge is 0.354 e. The molecule has 2 aromatic rings. The maximum absolute atomic E-state index is 13.4. The molecule has 2 aromatic carbocycles. The van der Waals surface area contributed by atoms with E-state index in [9.17, 15) is 18.0 Å². The Labute approximate surface area is 205 Å². The average Bonchev–Trinajstić information content (AvgIpc) is 2.75. The number of carbonyl (C=O) groups is 2. The van der Waals surface area contributed by atoms with Gasteiger partial charge in [-0.2, -0.15) is 0 Å². The molecule has 0 aliphatic carbocycles. The zero-order valence-corrected chi connectivity index (χ0v) is 21.5. The van der Waals surface area contributed by atoms with Crippen LogP contribution in [0.2, 0.25) is 10.0 Å². The number of rotatable bonds is 10. The van der Waals surface area contributed by atoms with Crippen molar-refractivity contribution in [1.82, 2.24) is 10.2 Å². The second-order valence-electron chi connectivity index (χ2n) is 7.79. The lowest BCUT2D eigenvalue weighted by Gasteiger charge is -2.32. The highest BCUT2D eigenvalue weighted by Gasteiger charge is 2.30. The van der Waals surface area contributed by atoms with E-state index in [1.165, 1.54) is 4.90 Å². The summed E-state index contributed by atoms with van der Waals surface area (Å²) in [4.78, 5) is 27.4. The van der Waals surface area contributed by atoms with Crippen LogP contribution in [0.1, 0.15) is 31.4 Å². The monoisotopic (exact) mass is 513 g/mol. The maximum atomic E-state index is 13.4. The molecule has 0 spiro atoms. The summed E-state index contributed by atoms with van der Waals surface area (Å²) in [5.41, 5.74) is 1.79. The summed E-state index contributed by atoms with van der Waals surface area (Å²) < 4.78 is 26.1. The molecule has 7 nitrogen and oxygen atoms in total. The standard InChI is InChI=1S/C23H29Cl2N3O4S/c1-5-13-26-23(30)17(3)27(14-19-20(24)7-6-8-21(19)25)22(29)15-28(33(4,31)32)18-11-9-16(2)10-12-18/h6-12,17H,5,13-15H2,1-4H3,(H,26,30). The van der Waals surface area contributed by atoms with Crippen molar-refractivity contribution in [2.24, 2.45) is 0 Å².